The normalized spacial score (nSPS) is 16.6. The second-order valence-electron chi connectivity index (χ2n) is 4.66. The lowest BCUT2D eigenvalue weighted by Crippen LogP contribution is -2.38. The van der Waals surface area contributed by atoms with Crippen molar-refractivity contribution in [1.82, 2.24) is 5.32 Å². The van der Waals surface area contributed by atoms with Gasteiger partial charge in [0.15, 0.2) is 0 Å². The Hall–Kier alpha value is -1.00. The fourth-order valence-electron chi connectivity index (χ4n) is 1.44. The van der Waals surface area contributed by atoms with Crippen LogP contribution in [0.3, 0.4) is 0 Å². The van der Waals surface area contributed by atoms with Crippen LogP contribution in [0.2, 0.25) is 0 Å². The van der Waals surface area contributed by atoms with Gasteiger partial charge < -0.3 is 10.4 Å². The van der Waals surface area contributed by atoms with Gasteiger partial charge in [-0.05, 0) is 38.0 Å². The van der Waals surface area contributed by atoms with Gasteiger partial charge in [-0.15, -0.1) is 0 Å². The molecule has 2 N–H and O–H groups in total. The van der Waals surface area contributed by atoms with Crippen LogP contribution in [0.5, 0.6) is 0 Å². The predicted molar refractivity (Wildman–Crippen MR) is 63.7 cm³/mol. The summed E-state index contributed by atoms with van der Waals surface area (Å²) in [7, 11) is 0. The van der Waals surface area contributed by atoms with Gasteiger partial charge in [0.25, 0.3) is 0 Å². The van der Waals surface area contributed by atoms with Gasteiger partial charge in [-0.2, -0.15) is 0 Å². The van der Waals surface area contributed by atoms with E-state index in [1.807, 2.05) is 6.92 Å². The summed E-state index contributed by atoms with van der Waals surface area (Å²) in [6, 6.07) is 3.22. The third kappa shape index (κ3) is 4.40. The first-order chi connectivity index (χ1) is 7.84. The van der Waals surface area contributed by atoms with Gasteiger partial charge >= 0.3 is 0 Å². The van der Waals surface area contributed by atoms with Crippen molar-refractivity contribution in [2.45, 2.75) is 38.8 Å². The number of nitrogens with one attached hydrogen (secondary N) is 1. The van der Waals surface area contributed by atoms with E-state index in [1.54, 1.807) is 13.8 Å². The highest BCUT2D eigenvalue weighted by Crippen LogP contribution is 2.17. The van der Waals surface area contributed by atoms with Crippen LogP contribution in [0, 0.1) is 11.6 Å². The monoisotopic (exact) mass is 243 g/mol. The molecule has 0 saturated carbocycles. The molecule has 0 aliphatic rings. The van der Waals surface area contributed by atoms with Gasteiger partial charge in [-0.25, -0.2) is 8.78 Å². The lowest BCUT2D eigenvalue weighted by Gasteiger charge is -2.24. The third-order valence-electron chi connectivity index (χ3n) is 2.94. The second-order valence-corrected chi connectivity index (χ2v) is 4.66. The maximum Gasteiger partial charge on any atom is 0.126 e. The molecule has 1 rings (SSSR count). The van der Waals surface area contributed by atoms with E-state index in [9.17, 15) is 13.9 Å². The molecule has 0 aromatic heterocycles. The fourth-order valence-corrected chi connectivity index (χ4v) is 1.44. The molecule has 0 spiro atoms. The van der Waals surface area contributed by atoms with Crippen LogP contribution in [0.25, 0.3) is 0 Å². The van der Waals surface area contributed by atoms with E-state index in [2.05, 4.69) is 5.32 Å². The highest BCUT2D eigenvalue weighted by atomic mass is 19.1. The Morgan fingerprint density at radius 3 is 2.29 bits per heavy atom. The van der Waals surface area contributed by atoms with Crippen molar-refractivity contribution in [2.24, 2.45) is 0 Å². The van der Waals surface area contributed by atoms with Gasteiger partial charge in [-0.3, -0.25) is 0 Å². The van der Waals surface area contributed by atoms with Crippen molar-refractivity contribution >= 4 is 0 Å². The molecule has 2 nitrogen and oxygen atoms in total. The third-order valence-corrected chi connectivity index (χ3v) is 2.94. The van der Waals surface area contributed by atoms with Crippen LogP contribution in [0.15, 0.2) is 18.2 Å². The maximum absolute atomic E-state index is 13.0. The van der Waals surface area contributed by atoms with Crippen LogP contribution >= 0.6 is 0 Å². The van der Waals surface area contributed by atoms with E-state index >= 15 is 0 Å². The minimum Gasteiger partial charge on any atom is -0.389 e. The zero-order valence-corrected chi connectivity index (χ0v) is 10.4. The van der Waals surface area contributed by atoms with Crippen molar-refractivity contribution in [3.8, 4) is 0 Å². The van der Waals surface area contributed by atoms with E-state index in [1.165, 1.54) is 12.1 Å². The molecule has 4 heteroatoms. The van der Waals surface area contributed by atoms with Crippen LogP contribution in [0.4, 0.5) is 8.78 Å². The highest BCUT2D eigenvalue weighted by Gasteiger charge is 2.18. The van der Waals surface area contributed by atoms with Crippen molar-refractivity contribution < 1.29 is 13.9 Å². The molecule has 0 bridgehead atoms. The van der Waals surface area contributed by atoms with E-state index in [0.717, 1.165) is 6.07 Å². The van der Waals surface area contributed by atoms with Gasteiger partial charge in [0, 0.05) is 18.7 Å². The molecular weight excluding hydrogens is 224 g/mol. The molecule has 2 atom stereocenters. The molecule has 0 radical (unpaired) electrons. The van der Waals surface area contributed by atoms with Gasteiger partial charge in [-0.1, -0.05) is 6.92 Å². The summed E-state index contributed by atoms with van der Waals surface area (Å²) >= 11 is 0. The SMILES string of the molecule is CCC(C)(O)CNC(C)c1cc(F)cc(F)c1. The molecule has 1 aromatic rings. The summed E-state index contributed by atoms with van der Waals surface area (Å²) in [5, 5.41) is 12.9. The van der Waals surface area contributed by atoms with Gasteiger partial charge in [0.1, 0.15) is 11.6 Å². The second kappa shape index (κ2) is 5.56. The minimum atomic E-state index is -0.805. The molecule has 96 valence electrons. The van der Waals surface area contributed by atoms with Crippen LogP contribution in [-0.2, 0) is 0 Å². The first kappa shape index (κ1) is 14.1. The summed E-state index contributed by atoms with van der Waals surface area (Å²) in [5.41, 5.74) is -0.269. The summed E-state index contributed by atoms with van der Waals surface area (Å²) in [6.45, 7) is 5.79. The smallest absolute Gasteiger partial charge is 0.126 e. The molecule has 0 amide bonds. The van der Waals surface area contributed by atoms with Crippen LogP contribution < -0.4 is 5.32 Å². The predicted octanol–water partition coefficient (Wildman–Crippen LogP) is 2.78. The average Bonchev–Trinajstić information content (AvgIpc) is 2.24. The summed E-state index contributed by atoms with van der Waals surface area (Å²) in [5.74, 6) is -1.17. The van der Waals surface area contributed by atoms with E-state index in [-0.39, 0.29) is 6.04 Å². The Kier molecular flexibility index (Phi) is 4.60. The fraction of sp³-hybridized carbons (Fsp3) is 0.538. The Balaban J connectivity index is 2.67. The van der Waals surface area contributed by atoms with Crippen molar-refractivity contribution in [3.63, 3.8) is 0 Å². The molecule has 0 heterocycles. The van der Waals surface area contributed by atoms with Crippen molar-refractivity contribution in [2.75, 3.05) is 6.54 Å². The van der Waals surface area contributed by atoms with Crippen molar-refractivity contribution in [3.05, 3.63) is 35.4 Å². The topological polar surface area (TPSA) is 32.3 Å². The molecule has 0 saturated heterocycles. The Morgan fingerprint density at radius 1 is 1.29 bits per heavy atom. The number of hydrogen-bond donors (Lipinski definition) is 2. The van der Waals surface area contributed by atoms with Crippen molar-refractivity contribution in [1.29, 1.82) is 0 Å². The van der Waals surface area contributed by atoms with E-state index in [0.29, 0.717) is 18.5 Å². The molecule has 0 fully saturated rings. The van der Waals surface area contributed by atoms with Crippen LogP contribution in [-0.4, -0.2) is 17.3 Å². The Morgan fingerprint density at radius 2 is 1.82 bits per heavy atom. The maximum atomic E-state index is 13.0. The first-order valence-corrected chi connectivity index (χ1v) is 5.76. The largest absolute Gasteiger partial charge is 0.389 e. The molecular formula is C13H19F2NO. The Labute approximate surface area is 101 Å². The number of aliphatic hydroxyl groups is 1. The zero-order valence-electron chi connectivity index (χ0n) is 10.4. The summed E-state index contributed by atoms with van der Waals surface area (Å²) in [4.78, 5) is 0. The van der Waals surface area contributed by atoms with Crippen LogP contribution in [0.1, 0.15) is 38.8 Å². The zero-order chi connectivity index (χ0) is 13.1. The summed E-state index contributed by atoms with van der Waals surface area (Å²) < 4.78 is 26.0. The molecule has 0 aliphatic carbocycles. The minimum absolute atomic E-state index is 0.210. The van der Waals surface area contributed by atoms with Gasteiger partial charge in [0.2, 0.25) is 0 Å². The number of benzene rings is 1. The standard InChI is InChI=1S/C13H19F2NO/c1-4-13(3,17)8-16-9(2)10-5-11(14)7-12(15)6-10/h5-7,9,16-17H,4,8H2,1-3H3. The van der Waals surface area contributed by atoms with Gasteiger partial charge in [0.05, 0.1) is 5.60 Å². The average molecular weight is 243 g/mol. The summed E-state index contributed by atoms with van der Waals surface area (Å²) in [6.07, 6.45) is 0.615. The number of rotatable bonds is 5. The molecule has 2 unspecified atom stereocenters. The molecule has 17 heavy (non-hydrogen) atoms. The first-order valence-electron chi connectivity index (χ1n) is 5.76. The number of halogens is 2. The highest BCUT2D eigenvalue weighted by molar-refractivity contribution is 5.20. The Bertz CT molecular complexity index is 359. The van der Waals surface area contributed by atoms with E-state index < -0.39 is 17.2 Å². The number of hydrogen-bond acceptors (Lipinski definition) is 2. The lowest BCUT2D eigenvalue weighted by molar-refractivity contribution is 0.0533. The molecule has 1 aromatic carbocycles. The molecule has 0 aliphatic heterocycles. The lowest BCUT2D eigenvalue weighted by atomic mass is 10.0. The quantitative estimate of drug-likeness (QED) is 0.833. The van der Waals surface area contributed by atoms with E-state index in [4.69, 9.17) is 0 Å².